The Morgan fingerprint density at radius 3 is 2.48 bits per heavy atom. The summed E-state index contributed by atoms with van der Waals surface area (Å²) >= 11 is 1.04. The summed E-state index contributed by atoms with van der Waals surface area (Å²) in [5.41, 5.74) is -0.813. The third-order valence-electron chi connectivity index (χ3n) is 4.12. The summed E-state index contributed by atoms with van der Waals surface area (Å²) in [6.07, 6.45) is 1.24. The number of alkyl halides is 3. The van der Waals surface area contributed by atoms with E-state index in [0.717, 1.165) is 42.9 Å². The van der Waals surface area contributed by atoms with Crippen LogP contribution in [0.1, 0.15) is 36.4 Å². The molecule has 0 aromatic carbocycles. The Kier molecular flexibility index (Phi) is 7.95. The first-order chi connectivity index (χ1) is 12.0. The van der Waals surface area contributed by atoms with Crippen molar-refractivity contribution in [2.45, 2.75) is 38.3 Å². The molecule has 0 atom stereocenters. The summed E-state index contributed by atoms with van der Waals surface area (Å²) in [6, 6.07) is 0. The van der Waals surface area contributed by atoms with E-state index >= 15 is 0 Å². The van der Waals surface area contributed by atoms with Gasteiger partial charge in [0, 0.05) is 38.5 Å². The number of hydrogen-bond acceptors (Lipinski definition) is 4. The van der Waals surface area contributed by atoms with Gasteiger partial charge in [0.05, 0.1) is 5.01 Å². The van der Waals surface area contributed by atoms with E-state index in [2.05, 4.69) is 25.5 Å². The van der Waals surface area contributed by atoms with Crippen LogP contribution in [0.2, 0.25) is 0 Å². The van der Waals surface area contributed by atoms with Crippen molar-refractivity contribution in [3.05, 3.63) is 16.1 Å². The van der Waals surface area contributed by atoms with Crippen LogP contribution in [0.3, 0.4) is 0 Å². The molecule has 25 heavy (non-hydrogen) atoms. The number of thiazole rings is 1. The maximum Gasteiger partial charge on any atom is 0.434 e. The van der Waals surface area contributed by atoms with E-state index in [1.807, 2.05) is 0 Å². The molecule has 1 aliphatic rings. The molecule has 0 aliphatic carbocycles. The van der Waals surface area contributed by atoms with E-state index in [0.29, 0.717) is 23.9 Å². The van der Waals surface area contributed by atoms with Crippen molar-refractivity contribution < 1.29 is 13.2 Å². The SMILES string of the molecule is CN=C(NCCc1nc(C(F)(F)F)cs1)NCCN1CCCCCC1. The number of aromatic nitrogens is 1. The first kappa shape index (κ1) is 20.0. The van der Waals surface area contributed by atoms with E-state index in [-0.39, 0.29) is 0 Å². The summed E-state index contributed by atoms with van der Waals surface area (Å²) in [5, 5.41) is 7.91. The van der Waals surface area contributed by atoms with Crippen LogP contribution in [0.4, 0.5) is 13.2 Å². The van der Waals surface area contributed by atoms with Crippen LogP contribution in [0.5, 0.6) is 0 Å². The molecule has 0 saturated carbocycles. The Balaban J connectivity index is 1.65. The fourth-order valence-electron chi connectivity index (χ4n) is 2.76. The van der Waals surface area contributed by atoms with Crippen LogP contribution in [-0.4, -0.2) is 55.6 Å². The molecule has 0 amide bonds. The van der Waals surface area contributed by atoms with Crippen molar-refractivity contribution in [3.63, 3.8) is 0 Å². The second-order valence-corrected chi connectivity index (χ2v) is 7.00. The largest absolute Gasteiger partial charge is 0.434 e. The minimum absolute atomic E-state index is 0.438. The molecule has 1 aromatic rings. The highest BCUT2D eigenvalue weighted by Crippen LogP contribution is 2.29. The minimum atomic E-state index is -4.37. The number of guanidine groups is 1. The van der Waals surface area contributed by atoms with Gasteiger partial charge in [0.2, 0.25) is 0 Å². The molecular formula is C16H26F3N5S. The molecule has 142 valence electrons. The van der Waals surface area contributed by atoms with Gasteiger partial charge in [-0.1, -0.05) is 12.8 Å². The van der Waals surface area contributed by atoms with E-state index in [4.69, 9.17) is 0 Å². The average Bonchev–Trinajstić information content (AvgIpc) is 2.90. The first-order valence-electron chi connectivity index (χ1n) is 8.67. The highest BCUT2D eigenvalue weighted by molar-refractivity contribution is 7.09. The van der Waals surface area contributed by atoms with E-state index < -0.39 is 11.9 Å². The standard InChI is InChI=1S/C16H26F3N5S/c1-20-15(22-8-11-24-9-4-2-3-5-10-24)21-7-6-14-23-13(12-25-14)16(17,18)19/h12H,2-11H2,1H3,(H2,20,21,22). The number of nitrogens with zero attached hydrogens (tertiary/aromatic N) is 3. The molecule has 2 N–H and O–H groups in total. The van der Waals surface area contributed by atoms with Crippen molar-refractivity contribution in [2.75, 3.05) is 39.8 Å². The molecule has 2 rings (SSSR count). The number of aliphatic imine (C=N–C) groups is 1. The number of hydrogen-bond donors (Lipinski definition) is 2. The van der Waals surface area contributed by atoms with E-state index in [1.165, 1.54) is 25.7 Å². The lowest BCUT2D eigenvalue weighted by atomic mass is 10.2. The molecule has 0 spiro atoms. The van der Waals surface area contributed by atoms with Gasteiger partial charge in [0.25, 0.3) is 0 Å². The molecule has 9 heteroatoms. The van der Waals surface area contributed by atoms with Gasteiger partial charge < -0.3 is 15.5 Å². The van der Waals surface area contributed by atoms with E-state index in [1.54, 1.807) is 7.05 Å². The Morgan fingerprint density at radius 1 is 1.20 bits per heavy atom. The highest BCUT2D eigenvalue weighted by atomic mass is 32.1. The average molecular weight is 377 g/mol. The van der Waals surface area contributed by atoms with Crippen molar-refractivity contribution in [2.24, 2.45) is 4.99 Å². The second-order valence-electron chi connectivity index (χ2n) is 6.06. The molecule has 2 heterocycles. The smallest absolute Gasteiger partial charge is 0.356 e. The van der Waals surface area contributed by atoms with Gasteiger partial charge in [-0.05, 0) is 25.9 Å². The van der Waals surface area contributed by atoms with Crippen molar-refractivity contribution in [1.29, 1.82) is 0 Å². The lowest BCUT2D eigenvalue weighted by Crippen LogP contribution is -2.42. The van der Waals surface area contributed by atoms with Crippen LogP contribution in [0.25, 0.3) is 0 Å². The van der Waals surface area contributed by atoms with Gasteiger partial charge in [-0.15, -0.1) is 11.3 Å². The number of halogens is 3. The third kappa shape index (κ3) is 7.19. The Bertz CT molecular complexity index is 536. The summed E-state index contributed by atoms with van der Waals surface area (Å²) in [6.45, 7) is 4.57. The zero-order chi connectivity index (χ0) is 18.1. The number of likely N-dealkylation sites (tertiary alicyclic amines) is 1. The maximum absolute atomic E-state index is 12.5. The highest BCUT2D eigenvalue weighted by Gasteiger charge is 2.33. The van der Waals surface area contributed by atoms with Crippen LogP contribution in [0.15, 0.2) is 10.4 Å². The van der Waals surface area contributed by atoms with Gasteiger partial charge in [0.15, 0.2) is 11.7 Å². The second kappa shape index (κ2) is 9.96. The predicted octanol–water partition coefficient (Wildman–Crippen LogP) is 2.75. The summed E-state index contributed by atoms with van der Waals surface area (Å²) < 4.78 is 37.6. The maximum atomic E-state index is 12.5. The van der Waals surface area contributed by atoms with Gasteiger partial charge >= 0.3 is 6.18 Å². The van der Waals surface area contributed by atoms with Crippen LogP contribution in [0, 0.1) is 0 Å². The Labute approximate surface area is 150 Å². The molecule has 0 radical (unpaired) electrons. The summed E-state index contributed by atoms with van der Waals surface area (Å²) in [5.74, 6) is 0.669. The molecule has 5 nitrogen and oxygen atoms in total. The van der Waals surface area contributed by atoms with E-state index in [9.17, 15) is 13.2 Å². The third-order valence-corrected chi connectivity index (χ3v) is 5.02. The Hall–Kier alpha value is -1.35. The van der Waals surface area contributed by atoms with Crippen molar-refractivity contribution in [1.82, 2.24) is 20.5 Å². The fraction of sp³-hybridized carbons (Fsp3) is 0.750. The summed E-state index contributed by atoms with van der Waals surface area (Å²) in [7, 11) is 1.69. The van der Waals surface area contributed by atoms with Crippen molar-refractivity contribution >= 4 is 17.3 Å². The Morgan fingerprint density at radius 2 is 1.88 bits per heavy atom. The summed E-state index contributed by atoms with van der Waals surface area (Å²) in [4.78, 5) is 10.2. The van der Waals surface area contributed by atoms with Crippen LogP contribution < -0.4 is 10.6 Å². The lowest BCUT2D eigenvalue weighted by molar-refractivity contribution is -0.140. The van der Waals surface area contributed by atoms with Gasteiger partial charge in [-0.25, -0.2) is 4.98 Å². The topological polar surface area (TPSA) is 52.6 Å². The number of rotatable bonds is 6. The zero-order valence-electron chi connectivity index (χ0n) is 14.5. The molecule has 1 saturated heterocycles. The van der Waals surface area contributed by atoms with Gasteiger partial charge in [-0.3, -0.25) is 4.99 Å². The quantitative estimate of drug-likeness (QED) is 0.591. The molecule has 0 bridgehead atoms. The molecular weight excluding hydrogens is 351 g/mol. The van der Waals surface area contributed by atoms with Gasteiger partial charge in [-0.2, -0.15) is 13.2 Å². The minimum Gasteiger partial charge on any atom is -0.356 e. The molecule has 1 aliphatic heterocycles. The molecule has 1 fully saturated rings. The zero-order valence-corrected chi connectivity index (χ0v) is 15.3. The molecule has 0 unspecified atom stereocenters. The van der Waals surface area contributed by atoms with Crippen molar-refractivity contribution in [3.8, 4) is 0 Å². The van der Waals surface area contributed by atoms with Gasteiger partial charge in [0.1, 0.15) is 0 Å². The predicted molar refractivity (Wildman–Crippen MR) is 95.1 cm³/mol. The lowest BCUT2D eigenvalue weighted by Gasteiger charge is -2.20. The number of nitrogens with one attached hydrogen (secondary N) is 2. The fourth-order valence-corrected chi connectivity index (χ4v) is 3.56. The first-order valence-corrected chi connectivity index (χ1v) is 9.55. The monoisotopic (exact) mass is 377 g/mol. The molecule has 1 aromatic heterocycles. The van der Waals surface area contributed by atoms with Crippen LogP contribution >= 0.6 is 11.3 Å². The van der Waals surface area contributed by atoms with Crippen LogP contribution in [-0.2, 0) is 12.6 Å². The normalized spacial score (nSPS) is 17.4.